The van der Waals surface area contributed by atoms with E-state index in [-0.39, 0.29) is 0 Å². The summed E-state index contributed by atoms with van der Waals surface area (Å²) >= 11 is 0. The van der Waals surface area contributed by atoms with Gasteiger partial charge in [-0.15, -0.1) is 0 Å². The molecule has 0 atom stereocenters. The highest BCUT2D eigenvalue weighted by Crippen LogP contribution is 2.26. The molecule has 0 N–H and O–H groups in total. The predicted octanol–water partition coefficient (Wildman–Crippen LogP) is 3.54. The van der Waals surface area contributed by atoms with Crippen LogP contribution in [-0.4, -0.2) is 19.7 Å². The second-order valence-corrected chi connectivity index (χ2v) is 5.10. The van der Waals surface area contributed by atoms with Gasteiger partial charge in [-0.1, -0.05) is 48.5 Å². The van der Waals surface area contributed by atoms with Crippen LogP contribution in [0.25, 0.3) is 22.3 Å². The lowest BCUT2D eigenvalue weighted by atomic mass is 10.1. The first-order valence-electron chi connectivity index (χ1n) is 7.18. The molecule has 4 nitrogen and oxygen atoms in total. The van der Waals surface area contributed by atoms with E-state index in [2.05, 4.69) is 34.2 Å². The van der Waals surface area contributed by atoms with Crippen LogP contribution in [0, 0.1) is 0 Å². The van der Waals surface area contributed by atoms with E-state index in [0.29, 0.717) is 0 Å². The van der Waals surface area contributed by atoms with Gasteiger partial charge in [0.1, 0.15) is 11.4 Å². The molecule has 0 fully saturated rings. The van der Waals surface area contributed by atoms with Crippen molar-refractivity contribution in [3.8, 4) is 11.4 Å². The largest absolute Gasteiger partial charge is 0.261 e. The molecule has 4 rings (SSSR count). The summed E-state index contributed by atoms with van der Waals surface area (Å²) < 4.78 is 2.02. The minimum Gasteiger partial charge on any atom is -0.261 e. The second kappa shape index (κ2) is 5.41. The molecule has 4 aromatic rings. The third kappa shape index (κ3) is 2.24. The van der Waals surface area contributed by atoms with Crippen molar-refractivity contribution in [2.24, 2.45) is 0 Å². The standard InChI is InChI=1S/C18H14N4/c1-2-6-14(7-3-1)13-22-17-9-5-4-8-15(17)18(21-22)16-12-19-10-11-20-16/h1-12H,13H2. The lowest BCUT2D eigenvalue weighted by Gasteiger charge is -2.03. The van der Waals surface area contributed by atoms with Gasteiger partial charge in [-0.2, -0.15) is 5.10 Å². The zero-order valence-electron chi connectivity index (χ0n) is 11.9. The first-order valence-corrected chi connectivity index (χ1v) is 7.18. The molecule has 2 aromatic carbocycles. The molecule has 4 heteroatoms. The van der Waals surface area contributed by atoms with Gasteiger partial charge in [0.15, 0.2) is 0 Å². The first-order chi connectivity index (χ1) is 10.9. The van der Waals surface area contributed by atoms with Gasteiger partial charge in [-0.05, 0) is 11.6 Å². The van der Waals surface area contributed by atoms with E-state index in [1.165, 1.54) is 5.56 Å². The van der Waals surface area contributed by atoms with Crippen LogP contribution in [0.2, 0.25) is 0 Å². The van der Waals surface area contributed by atoms with Gasteiger partial charge < -0.3 is 0 Å². The fourth-order valence-corrected chi connectivity index (χ4v) is 2.61. The smallest absolute Gasteiger partial charge is 0.120 e. The zero-order chi connectivity index (χ0) is 14.8. The highest BCUT2D eigenvalue weighted by molar-refractivity contribution is 5.92. The third-order valence-corrected chi connectivity index (χ3v) is 3.64. The third-order valence-electron chi connectivity index (χ3n) is 3.64. The van der Waals surface area contributed by atoms with Crippen molar-refractivity contribution in [3.05, 3.63) is 78.8 Å². The van der Waals surface area contributed by atoms with Crippen LogP contribution in [0.3, 0.4) is 0 Å². The minimum atomic E-state index is 0.738. The Morgan fingerprint density at radius 2 is 1.68 bits per heavy atom. The summed E-state index contributed by atoms with van der Waals surface area (Å²) in [5, 5.41) is 5.87. The maximum atomic E-state index is 4.77. The molecule has 0 aliphatic heterocycles. The molecular weight excluding hydrogens is 272 g/mol. The summed E-state index contributed by atoms with van der Waals surface area (Å²) in [6.45, 7) is 0.738. The van der Waals surface area contributed by atoms with Gasteiger partial charge in [0.25, 0.3) is 0 Å². The minimum absolute atomic E-state index is 0.738. The van der Waals surface area contributed by atoms with Crippen molar-refractivity contribution >= 4 is 10.9 Å². The van der Waals surface area contributed by atoms with Gasteiger partial charge in [0.05, 0.1) is 18.3 Å². The Bertz CT molecular complexity index is 898. The summed E-state index contributed by atoms with van der Waals surface area (Å²) in [4.78, 5) is 8.53. The van der Waals surface area contributed by atoms with Gasteiger partial charge >= 0.3 is 0 Å². The lowest BCUT2D eigenvalue weighted by Crippen LogP contribution is -2.01. The highest BCUT2D eigenvalue weighted by Gasteiger charge is 2.13. The van der Waals surface area contributed by atoms with Crippen LogP contribution in [-0.2, 0) is 6.54 Å². The normalized spacial score (nSPS) is 10.9. The van der Waals surface area contributed by atoms with Crippen molar-refractivity contribution in [2.45, 2.75) is 6.54 Å². The Hall–Kier alpha value is -3.01. The molecule has 0 saturated carbocycles. The Kier molecular flexibility index (Phi) is 3.12. The first kappa shape index (κ1) is 12.7. The van der Waals surface area contributed by atoms with Crippen LogP contribution in [0.1, 0.15) is 5.56 Å². The van der Waals surface area contributed by atoms with Crippen molar-refractivity contribution in [3.63, 3.8) is 0 Å². The molecule has 0 spiro atoms. The quantitative estimate of drug-likeness (QED) is 0.578. The maximum absolute atomic E-state index is 4.77. The van der Waals surface area contributed by atoms with Crippen molar-refractivity contribution in [2.75, 3.05) is 0 Å². The molecule has 106 valence electrons. The van der Waals surface area contributed by atoms with Crippen LogP contribution >= 0.6 is 0 Å². The number of aromatic nitrogens is 4. The average molecular weight is 286 g/mol. The lowest BCUT2D eigenvalue weighted by molar-refractivity contribution is 0.714. The van der Waals surface area contributed by atoms with Crippen molar-refractivity contribution in [1.29, 1.82) is 0 Å². The monoisotopic (exact) mass is 286 g/mol. The summed E-state index contributed by atoms with van der Waals surface area (Å²) in [7, 11) is 0. The van der Waals surface area contributed by atoms with Gasteiger partial charge in [0, 0.05) is 17.8 Å². The Balaban J connectivity index is 1.86. The van der Waals surface area contributed by atoms with E-state index >= 15 is 0 Å². The van der Waals surface area contributed by atoms with E-state index in [9.17, 15) is 0 Å². The van der Waals surface area contributed by atoms with Gasteiger partial charge in [-0.3, -0.25) is 14.6 Å². The zero-order valence-corrected chi connectivity index (χ0v) is 11.9. The van der Waals surface area contributed by atoms with E-state index in [0.717, 1.165) is 28.8 Å². The highest BCUT2D eigenvalue weighted by atomic mass is 15.3. The number of para-hydroxylation sites is 1. The average Bonchev–Trinajstić information content (AvgIpc) is 2.96. The predicted molar refractivity (Wildman–Crippen MR) is 86.3 cm³/mol. The number of hydrogen-bond acceptors (Lipinski definition) is 3. The molecule has 0 bridgehead atoms. The topological polar surface area (TPSA) is 43.6 Å². The summed E-state index contributed by atoms with van der Waals surface area (Å²) in [6.07, 6.45) is 5.12. The summed E-state index contributed by atoms with van der Waals surface area (Å²) in [5.74, 6) is 0. The van der Waals surface area contributed by atoms with E-state index in [4.69, 9.17) is 5.10 Å². The van der Waals surface area contributed by atoms with Crippen molar-refractivity contribution in [1.82, 2.24) is 19.7 Å². The molecular formula is C18H14N4. The molecule has 0 amide bonds. The molecule has 0 saturated heterocycles. The van der Waals surface area contributed by atoms with Crippen LogP contribution in [0.4, 0.5) is 0 Å². The van der Waals surface area contributed by atoms with E-state index < -0.39 is 0 Å². The number of hydrogen-bond donors (Lipinski definition) is 0. The van der Waals surface area contributed by atoms with Gasteiger partial charge in [0.2, 0.25) is 0 Å². The molecule has 2 heterocycles. The van der Waals surface area contributed by atoms with E-state index in [1.54, 1.807) is 18.6 Å². The summed E-state index contributed by atoms with van der Waals surface area (Å²) in [6, 6.07) is 18.6. The number of benzene rings is 2. The van der Waals surface area contributed by atoms with Crippen molar-refractivity contribution < 1.29 is 0 Å². The Labute approximate surface area is 128 Å². The molecule has 2 aromatic heterocycles. The van der Waals surface area contributed by atoms with Gasteiger partial charge in [-0.25, -0.2) is 0 Å². The molecule has 0 aliphatic rings. The number of rotatable bonds is 3. The fraction of sp³-hybridized carbons (Fsp3) is 0.0556. The van der Waals surface area contributed by atoms with Crippen LogP contribution < -0.4 is 0 Å². The number of nitrogens with zero attached hydrogens (tertiary/aromatic N) is 4. The fourth-order valence-electron chi connectivity index (χ4n) is 2.61. The van der Waals surface area contributed by atoms with Crippen LogP contribution in [0.5, 0.6) is 0 Å². The molecule has 0 aliphatic carbocycles. The van der Waals surface area contributed by atoms with Crippen LogP contribution in [0.15, 0.2) is 73.2 Å². The molecule has 22 heavy (non-hydrogen) atoms. The molecule has 0 unspecified atom stereocenters. The maximum Gasteiger partial charge on any atom is 0.120 e. The van der Waals surface area contributed by atoms with E-state index in [1.807, 2.05) is 35.0 Å². The second-order valence-electron chi connectivity index (χ2n) is 5.10. The Morgan fingerprint density at radius 1 is 0.864 bits per heavy atom. The molecule has 0 radical (unpaired) electrons. The number of fused-ring (bicyclic) bond motifs is 1. The SMILES string of the molecule is c1ccc(Cn2nc(-c3cnccn3)c3ccccc32)cc1. The summed E-state index contributed by atoms with van der Waals surface area (Å²) in [5.41, 5.74) is 4.00. The Morgan fingerprint density at radius 3 is 2.50 bits per heavy atom.